The van der Waals surface area contributed by atoms with E-state index in [0.29, 0.717) is 0 Å². The standard InChI is InChI=1S/C16H22N4O3S/c1-18-16(21)15-10-14(12-19(15)2)24(22,23)20(9-8-17)11-13-6-4-3-5-7-13/h3-7,10,12H,8-9,11,17H2,1-2H3,(H,18,21). The molecule has 3 N–H and O–H groups in total. The summed E-state index contributed by atoms with van der Waals surface area (Å²) in [5.41, 5.74) is 6.74. The third-order valence-electron chi connectivity index (χ3n) is 3.66. The SMILES string of the molecule is CNC(=O)c1cc(S(=O)(=O)N(CCN)Cc2ccccc2)cn1C. The molecule has 0 spiro atoms. The highest BCUT2D eigenvalue weighted by Crippen LogP contribution is 2.20. The van der Waals surface area contributed by atoms with Gasteiger partial charge in [0.15, 0.2) is 0 Å². The molecule has 1 heterocycles. The maximum atomic E-state index is 12.9. The molecule has 1 aromatic carbocycles. The number of amides is 1. The molecule has 0 radical (unpaired) electrons. The number of hydrogen-bond acceptors (Lipinski definition) is 4. The fourth-order valence-electron chi connectivity index (χ4n) is 2.39. The summed E-state index contributed by atoms with van der Waals surface area (Å²) in [5.74, 6) is -0.340. The molecule has 0 aliphatic rings. The van der Waals surface area contributed by atoms with Crippen LogP contribution in [0.5, 0.6) is 0 Å². The minimum absolute atomic E-state index is 0.0768. The van der Waals surface area contributed by atoms with Crippen molar-refractivity contribution in [3.63, 3.8) is 0 Å². The van der Waals surface area contributed by atoms with Gasteiger partial charge in [-0.2, -0.15) is 4.31 Å². The van der Waals surface area contributed by atoms with Crippen molar-refractivity contribution in [2.45, 2.75) is 11.4 Å². The van der Waals surface area contributed by atoms with Crippen LogP contribution in [0.4, 0.5) is 0 Å². The zero-order valence-corrected chi connectivity index (χ0v) is 14.6. The van der Waals surface area contributed by atoms with Crippen LogP contribution < -0.4 is 11.1 Å². The Balaban J connectivity index is 2.36. The summed E-state index contributed by atoms with van der Waals surface area (Å²) < 4.78 is 28.7. The number of aromatic nitrogens is 1. The number of carbonyl (C=O) groups is 1. The van der Waals surface area contributed by atoms with E-state index in [1.807, 2.05) is 30.3 Å². The molecule has 0 bridgehead atoms. The molecule has 130 valence electrons. The summed E-state index contributed by atoms with van der Waals surface area (Å²) in [6, 6.07) is 10.7. The van der Waals surface area contributed by atoms with E-state index in [1.54, 1.807) is 7.05 Å². The second-order valence-corrected chi connectivity index (χ2v) is 7.30. The Morgan fingerprint density at radius 1 is 1.29 bits per heavy atom. The van der Waals surface area contributed by atoms with Crippen LogP contribution in [0.1, 0.15) is 16.1 Å². The zero-order valence-electron chi connectivity index (χ0n) is 13.8. The van der Waals surface area contributed by atoms with Gasteiger partial charge in [-0.05, 0) is 11.6 Å². The molecule has 1 amide bonds. The fourth-order valence-corrected chi connectivity index (χ4v) is 3.91. The van der Waals surface area contributed by atoms with Crippen molar-refractivity contribution in [3.05, 3.63) is 53.9 Å². The number of nitrogens with one attached hydrogen (secondary N) is 1. The molecule has 8 heteroatoms. The van der Waals surface area contributed by atoms with Gasteiger partial charge < -0.3 is 15.6 Å². The molecule has 0 fully saturated rings. The maximum absolute atomic E-state index is 12.9. The lowest BCUT2D eigenvalue weighted by molar-refractivity contribution is 0.0955. The highest BCUT2D eigenvalue weighted by Gasteiger charge is 2.27. The first-order chi connectivity index (χ1) is 11.4. The number of nitrogens with two attached hydrogens (primary N) is 1. The number of aryl methyl sites for hydroxylation is 1. The van der Waals surface area contributed by atoms with Crippen LogP contribution in [-0.2, 0) is 23.6 Å². The highest BCUT2D eigenvalue weighted by molar-refractivity contribution is 7.89. The molecule has 0 saturated heterocycles. The van der Waals surface area contributed by atoms with Gasteiger partial charge in [-0.25, -0.2) is 8.42 Å². The van der Waals surface area contributed by atoms with Crippen molar-refractivity contribution in [3.8, 4) is 0 Å². The highest BCUT2D eigenvalue weighted by atomic mass is 32.2. The van der Waals surface area contributed by atoms with E-state index in [9.17, 15) is 13.2 Å². The Kier molecular flexibility index (Phi) is 5.76. The van der Waals surface area contributed by atoms with Gasteiger partial charge in [-0.1, -0.05) is 30.3 Å². The van der Waals surface area contributed by atoms with Crippen LogP contribution in [-0.4, -0.2) is 43.3 Å². The summed E-state index contributed by atoms with van der Waals surface area (Å²) >= 11 is 0. The van der Waals surface area contributed by atoms with E-state index in [2.05, 4.69) is 5.32 Å². The molecule has 2 aromatic rings. The van der Waals surface area contributed by atoms with E-state index in [-0.39, 0.29) is 36.1 Å². The van der Waals surface area contributed by atoms with Crippen LogP contribution in [0.25, 0.3) is 0 Å². The number of rotatable bonds is 7. The molecule has 0 saturated carbocycles. The molecular formula is C16H22N4O3S. The van der Waals surface area contributed by atoms with Crippen molar-refractivity contribution in [1.29, 1.82) is 0 Å². The summed E-state index contributed by atoms with van der Waals surface area (Å²) in [6.07, 6.45) is 1.44. The van der Waals surface area contributed by atoms with E-state index >= 15 is 0 Å². The Labute approximate surface area is 142 Å². The Hall–Kier alpha value is -2.16. The topological polar surface area (TPSA) is 97.4 Å². The van der Waals surface area contributed by atoms with E-state index in [0.717, 1.165) is 5.56 Å². The first-order valence-electron chi connectivity index (χ1n) is 7.52. The average Bonchev–Trinajstić information content (AvgIpc) is 2.97. The number of carbonyl (C=O) groups excluding carboxylic acids is 1. The number of hydrogen-bond donors (Lipinski definition) is 2. The third kappa shape index (κ3) is 3.84. The van der Waals surface area contributed by atoms with Crippen molar-refractivity contribution in [2.75, 3.05) is 20.1 Å². The summed E-state index contributed by atoms with van der Waals surface area (Å²) in [4.78, 5) is 11.9. The molecule has 24 heavy (non-hydrogen) atoms. The molecule has 0 aliphatic carbocycles. The van der Waals surface area contributed by atoms with Crippen molar-refractivity contribution >= 4 is 15.9 Å². The van der Waals surface area contributed by atoms with Gasteiger partial charge in [-0.3, -0.25) is 4.79 Å². The van der Waals surface area contributed by atoms with Gasteiger partial charge in [0, 0.05) is 39.9 Å². The second-order valence-electron chi connectivity index (χ2n) is 5.36. The second kappa shape index (κ2) is 7.61. The number of sulfonamides is 1. The minimum Gasteiger partial charge on any atom is -0.354 e. The van der Waals surface area contributed by atoms with Gasteiger partial charge in [0.1, 0.15) is 10.6 Å². The predicted molar refractivity (Wildman–Crippen MR) is 91.9 cm³/mol. The lowest BCUT2D eigenvalue weighted by Crippen LogP contribution is -2.34. The van der Waals surface area contributed by atoms with Gasteiger partial charge in [0.25, 0.3) is 5.91 Å². The van der Waals surface area contributed by atoms with Crippen molar-refractivity contribution < 1.29 is 13.2 Å². The van der Waals surface area contributed by atoms with Gasteiger partial charge in [0.2, 0.25) is 10.0 Å². The monoisotopic (exact) mass is 350 g/mol. The maximum Gasteiger partial charge on any atom is 0.267 e. The average molecular weight is 350 g/mol. The van der Waals surface area contributed by atoms with Crippen LogP contribution >= 0.6 is 0 Å². The fraction of sp³-hybridized carbons (Fsp3) is 0.312. The van der Waals surface area contributed by atoms with Crippen LogP contribution in [0.15, 0.2) is 47.5 Å². The minimum atomic E-state index is -3.75. The Morgan fingerprint density at radius 3 is 2.54 bits per heavy atom. The van der Waals surface area contributed by atoms with Crippen molar-refractivity contribution in [1.82, 2.24) is 14.2 Å². The summed E-state index contributed by atoms with van der Waals surface area (Å²) in [6.45, 7) is 0.632. The number of benzene rings is 1. The molecule has 0 atom stereocenters. The number of nitrogens with zero attached hydrogens (tertiary/aromatic N) is 2. The third-order valence-corrected chi connectivity index (χ3v) is 5.47. The first-order valence-corrected chi connectivity index (χ1v) is 8.96. The quantitative estimate of drug-likeness (QED) is 0.761. The molecule has 7 nitrogen and oxygen atoms in total. The molecule has 2 rings (SSSR count). The Bertz CT molecular complexity index is 800. The lowest BCUT2D eigenvalue weighted by Gasteiger charge is -2.21. The summed E-state index contributed by atoms with van der Waals surface area (Å²) in [7, 11) is -0.620. The molecule has 0 unspecified atom stereocenters. The largest absolute Gasteiger partial charge is 0.354 e. The lowest BCUT2D eigenvalue weighted by atomic mass is 10.2. The van der Waals surface area contributed by atoms with Gasteiger partial charge >= 0.3 is 0 Å². The van der Waals surface area contributed by atoms with Crippen LogP contribution in [0.3, 0.4) is 0 Å². The molecule has 1 aromatic heterocycles. The van der Waals surface area contributed by atoms with Gasteiger partial charge in [0.05, 0.1) is 0 Å². The van der Waals surface area contributed by atoms with Crippen molar-refractivity contribution in [2.24, 2.45) is 12.8 Å². The van der Waals surface area contributed by atoms with Crippen LogP contribution in [0, 0.1) is 0 Å². The molecule has 0 aliphatic heterocycles. The van der Waals surface area contributed by atoms with E-state index in [4.69, 9.17) is 5.73 Å². The van der Waals surface area contributed by atoms with E-state index < -0.39 is 10.0 Å². The molecular weight excluding hydrogens is 328 g/mol. The predicted octanol–water partition coefficient (Wildman–Crippen LogP) is 0.534. The smallest absolute Gasteiger partial charge is 0.267 e. The normalized spacial score (nSPS) is 11.7. The van der Waals surface area contributed by atoms with E-state index in [1.165, 1.54) is 28.2 Å². The van der Waals surface area contributed by atoms with Crippen LogP contribution in [0.2, 0.25) is 0 Å². The van der Waals surface area contributed by atoms with Gasteiger partial charge in [-0.15, -0.1) is 0 Å². The first kappa shape index (κ1) is 18.2. The Morgan fingerprint density at radius 2 is 1.96 bits per heavy atom. The summed E-state index contributed by atoms with van der Waals surface area (Å²) in [5, 5.41) is 2.49. The zero-order chi connectivity index (χ0) is 17.7.